The Bertz CT molecular complexity index is 179. The lowest BCUT2D eigenvalue weighted by atomic mass is 10.5. The summed E-state index contributed by atoms with van der Waals surface area (Å²) in [4.78, 5) is 22.7. The molecule has 1 aliphatic rings. The molecule has 1 saturated heterocycles. The summed E-state index contributed by atoms with van der Waals surface area (Å²) >= 11 is 0. The minimum Gasteiger partial charge on any atom is -0.468 e. The molecular weight excluding hydrogens is 150 g/mol. The van der Waals surface area contributed by atoms with Crippen molar-refractivity contribution in [2.45, 2.75) is 0 Å². The Morgan fingerprint density at radius 2 is 2.55 bits per heavy atom. The zero-order valence-electron chi connectivity index (χ0n) is 6.20. The number of methoxy groups -OCH3 is 1. The molecule has 0 aromatic carbocycles. The summed E-state index contributed by atoms with van der Waals surface area (Å²) < 4.78 is 8.96. The average Bonchev–Trinajstić information content (AvgIpc) is 2.37. The average molecular weight is 159 g/mol. The maximum absolute atomic E-state index is 10.7. The molecule has 11 heavy (non-hydrogen) atoms. The lowest BCUT2D eigenvalue weighted by molar-refractivity contribution is -0.141. The standard InChI is InChI=1S/C6H9NO4/c1-10-5(8)4-7-2-3-11-6(7)9/h2-4H2,1H3. The van der Waals surface area contributed by atoms with Crippen molar-refractivity contribution in [1.29, 1.82) is 0 Å². The first-order chi connectivity index (χ1) is 5.24. The third kappa shape index (κ3) is 1.83. The van der Waals surface area contributed by atoms with Crippen LogP contribution in [0.2, 0.25) is 0 Å². The van der Waals surface area contributed by atoms with Crippen LogP contribution in [-0.2, 0) is 14.3 Å². The van der Waals surface area contributed by atoms with E-state index in [1.807, 2.05) is 0 Å². The van der Waals surface area contributed by atoms with Gasteiger partial charge in [0.25, 0.3) is 0 Å². The first kappa shape index (κ1) is 7.84. The third-order valence-corrected chi connectivity index (χ3v) is 1.39. The Hall–Kier alpha value is -1.26. The molecule has 5 heteroatoms. The number of amides is 1. The number of carbonyl (C=O) groups excluding carboxylic acids is 2. The van der Waals surface area contributed by atoms with Crippen molar-refractivity contribution < 1.29 is 19.1 Å². The quantitative estimate of drug-likeness (QED) is 0.515. The van der Waals surface area contributed by atoms with Crippen LogP contribution in [0.4, 0.5) is 4.79 Å². The first-order valence-electron chi connectivity index (χ1n) is 3.22. The first-order valence-corrected chi connectivity index (χ1v) is 3.22. The van der Waals surface area contributed by atoms with E-state index in [-0.39, 0.29) is 6.54 Å². The van der Waals surface area contributed by atoms with Crippen LogP contribution in [0.5, 0.6) is 0 Å². The highest BCUT2D eigenvalue weighted by Gasteiger charge is 2.23. The predicted octanol–water partition coefficient (Wildman–Crippen LogP) is -0.388. The summed E-state index contributed by atoms with van der Waals surface area (Å²) in [7, 11) is 1.28. The molecule has 5 nitrogen and oxygen atoms in total. The van der Waals surface area contributed by atoms with Crippen LogP contribution in [-0.4, -0.2) is 43.8 Å². The van der Waals surface area contributed by atoms with E-state index < -0.39 is 12.1 Å². The Balaban J connectivity index is 2.36. The van der Waals surface area contributed by atoms with Gasteiger partial charge in [-0.1, -0.05) is 0 Å². The maximum atomic E-state index is 10.7. The van der Waals surface area contributed by atoms with Gasteiger partial charge in [-0.3, -0.25) is 9.69 Å². The van der Waals surface area contributed by atoms with Crippen LogP contribution < -0.4 is 0 Å². The maximum Gasteiger partial charge on any atom is 0.410 e. The van der Waals surface area contributed by atoms with Gasteiger partial charge in [0, 0.05) is 0 Å². The summed E-state index contributed by atoms with van der Waals surface area (Å²) in [6.45, 7) is 0.805. The van der Waals surface area contributed by atoms with Gasteiger partial charge in [0.05, 0.1) is 13.7 Å². The Kier molecular flexibility index (Phi) is 2.30. The number of esters is 1. The van der Waals surface area contributed by atoms with Gasteiger partial charge in [0.2, 0.25) is 0 Å². The van der Waals surface area contributed by atoms with Crippen molar-refractivity contribution in [1.82, 2.24) is 4.90 Å². The molecule has 1 heterocycles. The Morgan fingerprint density at radius 1 is 1.82 bits per heavy atom. The van der Waals surface area contributed by atoms with Gasteiger partial charge in [-0.2, -0.15) is 0 Å². The molecule has 62 valence electrons. The lowest BCUT2D eigenvalue weighted by Gasteiger charge is -2.09. The van der Waals surface area contributed by atoms with E-state index >= 15 is 0 Å². The van der Waals surface area contributed by atoms with E-state index in [9.17, 15) is 9.59 Å². The molecule has 0 aromatic rings. The number of ether oxygens (including phenoxy) is 2. The van der Waals surface area contributed by atoms with Crippen molar-refractivity contribution in [2.75, 3.05) is 26.8 Å². The Morgan fingerprint density at radius 3 is 3.00 bits per heavy atom. The van der Waals surface area contributed by atoms with E-state index in [0.29, 0.717) is 13.2 Å². The van der Waals surface area contributed by atoms with Crippen molar-refractivity contribution in [2.24, 2.45) is 0 Å². The molecule has 0 aromatic heterocycles. The summed E-state index contributed by atoms with van der Waals surface area (Å²) in [5.41, 5.74) is 0. The number of hydrogen-bond acceptors (Lipinski definition) is 4. The van der Waals surface area contributed by atoms with Crippen molar-refractivity contribution >= 4 is 12.1 Å². The normalized spacial score (nSPS) is 16.5. The monoisotopic (exact) mass is 159 g/mol. The van der Waals surface area contributed by atoms with Crippen LogP contribution in [0.15, 0.2) is 0 Å². The molecular formula is C6H9NO4. The summed E-state index contributed by atoms with van der Waals surface area (Å²) in [6, 6.07) is 0. The summed E-state index contributed by atoms with van der Waals surface area (Å²) in [5, 5.41) is 0. The molecule has 0 radical (unpaired) electrons. The highest BCUT2D eigenvalue weighted by Crippen LogP contribution is 2.01. The number of rotatable bonds is 2. The predicted molar refractivity (Wildman–Crippen MR) is 34.9 cm³/mol. The molecule has 0 N–H and O–H groups in total. The lowest BCUT2D eigenvalue weighted by Crippen LogP contribution is -2.31. The molecule has 0 atom stereocenters. The summed E-state index contributed by atoms with van der Waals surface area (Å²) in [6.07, 6.45) is -0.449. The van der Waals surface area contributed by atoms with Crippen LogP contribution in [0.1, 0.15) is 0 Å². The van der Waals surface area contributed by atoms with Crippen molar-refractivity contribution in [3.8, 4) is 0 Å². The number of cyclic esters (lactones) is 1. The molecule has 1 fully saturated rings. The van der Waals surface area contributed by atoms with E-state index in [2.05, 4.69) is 9.47 Å². The fourth-order valence-electron chi connectivity index (χ4n) is 0.790. The van der Waals surface area contributed by atoms with Crippen LogP contribution in [0.25, 0.3) is 0 Å². The van der Waals surface area contributed by atoms with Crippen molar-refractivity contribution in [3.05, 3.63) is 0 Å². The van der Waals surface area contributed by atoms with E-state index in [1.54, 1.807) is 0 Å². The second-order valence-corrected chi connectivity index (χ2v) is 2.11. The second-order valence-electron chi connectivity index (χ2n) is 2.11. The minimum atomic E-state index is -0.449. The Labute approximate surface area is 63.9 Å². The topological polar surface area (TPSA) is 55.8 Å². The van der Waals surface area contributed by atoms with Gasteiger partial charge in [0.15, 0.2) is 0 Å². The molecule has 0 unspecified atom stereocenters. The van der Waals surface area contributed by atoms with Gasteiger partial charge < -0.3 is 9.47 Å². The summed E-state index contributed by atoms with van der Waals surface area (Å²) in [5.74, 6) is -0.427. The second kappa shape index (κ2) is 3.23. The third-order valence-electron chi connectivity index (χ3n) is 1.39. The molecule has 1 rings (SSSR count). The zero-order chi connectivity index (χ0) is 8.27. The van der Waals surface area contributed by atoms with Gasteiger partial charge >= 0.3 is 12.1 Å². The SMILES string of the molecule is COC(=O)CN1CCOC1=O. The fourth-order valence-corrected chi connectivity index (χ4v) is 0.790. The molecule has 0 saturated carbocycles. The highest BCUT2D eigenvalue weighted by molar-refractivity contribution is 5.78. The largest absolute Gasteiger partial charge is 0.468 e. The van der Waals surface area contributed by atoms with Crippen LogP contribution >= 0.6 is 0 Å². The zero-order valence-corrected chi connectivity index (χ0v) is 6.20. The van der Waals surface area contributed by atoms with Gasteiger partial charge in [-0.25, -0.2) is 4.79 Å². The molecule has 1 amide bonds. The minimum absolute atomic E-state index is 0.0185. The fraction of sp³-hybridized carbons (Fsp3) is 0.667. The smallest absolute Gasteiger partial charge is 0.410 e. The van der Waals surface area contributed by atoms with E-state index in [1.165, 1.54) is 12.0 Å². The number of nitrogens with zero attached hydrogens (tertiary/aromatic N) is 1. The number of carbonyl (C=O) groups is 2. The van der Waals surface area contributed by atoms with Crippen molar-refractivity contribution in [3.63, 3.8) is 0 Å². The van der Waals surface area contributed by atoms with Gasteiger partial charge in [-0.15, -0.1) is 0 Å². The molecule has 0 aliphatic carbocycles. The molecule has 0 bridgehead atoms. The number of hydrogen-bond donors (Lipinski definition) is 0. The van der Waals surface area contributed by atoms with E-state index in [0.717, 1.165) is 0 Å². The van der Waals surface area contributed by atoms with Gasteiger partial charge in [0.1, 0.15) is 13.2 Å². The van der Waals surface area contributed by atoms with E-state index in [4.69, 9.17) is 0 Å². The highest BCUT2D eigenvalue weighted by atomic mass is 16.6. The molecule has 1 aliphatic heterocycles. The van der Waals surface area contributed by atoms with Crippen LogP contribution in [0.3, 0.4) is 0 Å². The van der Waals surface area contributed by atoms with Crippen LogP contribution in [0, 0.1) is 0 Å². The molecule has 0 spiro atoms. The van der Waals surface area contributed by atoms with Gasteiger partial charge in [-0.05, 0) is 0 Å².